The molecular weight excluding hydrogens is 300 g/mol. The molecule has 0 aliphatic rings. The third kappa shape index (κ3) is 3.90. The van der Waals surface area contributed by atoms with Crippen LogP contribution in [0.1, 0.15) is 43.0 Å². The fourth-order valence-corrected chi connectivity index (χ4v) is 2.69. The number of phenols is 1. The van der Waals surface area contributed by atoms with Gasteiger partial charge in [0.2, 0.25) is 0 Å². The number of benzene rings is 2. The van der Waals surface area contributed by atoms with Crippen LogP contribution in [0.15, 0.2) is 36.4 Å². The van der Waals surface area contributed by atoms with Crippen molar-refractivity contribution >= 4 is 0 Å². The average molecular weight is 328 g/mol. The van der Waals surface area contributed by atoms with Crippen molar-refractivity contribution < 1.29 is 14.6 Å². The monoisotopic (exact) mass is 328 g/mol. The molecule has 1 unspecified atom stereocenters. The van der Waals surface area contributed by atoms with E-state index < -0.39 is 0 Å². The highest BCUT2D eigenvalue weighted by atomic mass is 16.5. The van der Waals surface area contributed by atoms with E-state index in [1.54, 1.807) is 13.2 Å². The molecular formula is C21H28O3. The Hall–Kier alpha value is -2.00. The molecule has 2 aromatic rings. The predicted molar refractivity (Wildman–Crippen MR) is 98.1 cm³/mol. The van der Waals surface area contributed by atoms with E-state index in [0.717, 1.165) is 16.9 Å². The van der Waals surface area contributed by atoms with E-state index in [0.29, 0.717) is 12.4 Å². The Labute approximate surface area is 145 Å². The molecule has 3 nitrogen and oxygen atoms in total. The number of methoxy groups -OCH3 is 1. The number of rotatable bonds is 6. The van der Waals surface area contributed by atoms with Crippen molar-refractivity contribution in [2.45, 2.75) is 46.1 Å². The van der Waals surface area contributed by atoms with Crippen molar-refractivity contribution in [1.29, 1.82) is 0 Å². The summed E-state index contributed by atoms with van der Waals surface area (Å²) in [6.07, 6.45) is 0.0699. The lowest BCUT2D eigenvalue weighted by Gasteiger charge is -2.27. The maximum atomic E-state index is 9.76. The first-order valence-corrected chi connectivity index (χ1v) is 8.32. The third-order valence-electron chi connectivity index (χ3n) is 4.69. The summed E-state index contributed by atoms with van der Waals surface area (Å²) in [6, 6.07) is 12.1. The minimum absolute atomic E-state index is 0.0699. The van der Waals surface area contributed by atoms with E-state index in [9.17, 15) is 5.11 Å². The first-order chi connectivity index (χ1) is 11.3. The standard InChI is InChI=1S/C21H28O3/c1-14-11-17(7-9-19(14)22)21(4,5)18-8-10-20(15(2)12-18)24-13-16(3)23-6/h7-12,16,22H,13H2,1-6H3. The molecule has 2 rings (SSSR count). The molecule has 130 valence electrons. The molecule has 0 saturated heterocycles. The highest BCUT2D eigenvalue weighted by molar-refractivity contribution is 5.46. The van der Waals surface area contributed by atoms with Crippen molar-refractivity contribution in [3.8, 4) is 11.5 Å². The zero-order chi connectivity index (χ0) is 17.9. The predicted octanol–water partition coefficient (Wildman–Crippen LogP) is 4.75. The first-order valence-electron chi connectivity index (χ1n) is 8.32. The largest absolute Gasteiger partial charge is 0.508 e. The summed E-state index contributed by atoms with van der Waals surface area (Å²) in [5, 5.41) is 9.76. The number of hydrogen-bond acceptors (Lipinski definition) is 3. The summed E-state index contributed by atoms with van der Waals surface area (Å²) >= 11 is 0. The Morgan fingerprint density at radius 2 is 1.58 bits per heavy atom. The SMILES string of the molecule is COC(C)COc1ccc(C(C)(C)c2ccc(O)c(C)c2)cc1C. The molecule has 0 heterocycles. The van der Waals surface area contributed by atoms with Gasteiger partial charge < -0.3 is 14.6 Å². The van der Waals surface area contributed by atoms with E-state index >= 15 is 0 Å². The number of phenolic OH excluding ortho intramolecular Hbond substituents is 1. The molecule has 0 bridgehead atoms. The molecule has 1 atom stereocenters. The van der Waals surface area contributed by atoms with Gasteiger partial charge in [-0.3, -0.25) is 0 Å². The fourth-order valence-electron chi connectivity index (χ4n) is 2.69. The minimum Gasteiger partial charge on any atom is -0.508 e. The van der Waals surface area contributed by atoms with E-state index in [-0.39, 0.29) is 11.5 Å². The summed E-state index contributed by atoms with van der Waals surface area (Å²) in [5.41, 5.74) is 4.25. The number of hydrogen-bond donors (Lipinski definition) is 1. The van der Waals surface area contributed by atoms with Gasteiger partial charge in [-0.1, -0.05) is 38.1 Å². The summed E-state index contributed by atoms with van der Waals surface area (Å²) in [6.45, 7) is 10.9. The summed E-state index contributed by atoms with van der Waals surface area (Å²) in [5.74, 6) is 1.22. The Balaban J connectivity index is 2.27. The second-order valence-electron chi connectivity index (χ2n) is 6.96. The molecule has 0 spiro atoms. The molecule has 0 aliphatic carbocycles. The van der Waals surface area contributed by atoms with Crippen LogP contribution in [0.5, 0.6) is 11.5 Å². The van der Waals surface area contributed by atoms with Crippen molar-refractivity contribution in [1.82, 2.24) is 0 Å². The Morgan fingerprint density at radius 3 is 2.12 bits per heavy atom. The zero-order valence-corrected chi connectivity index (χ0v) is 15.5. The summed E-state index contributed by atoms with van der Waals surface area (Å²) in [4.78, 5) is 0. The second kappa shape index (κ2) is 7.27. The van der Waals surface area contributed by atoms with Crippen LogP contribution in [0, 0.1) is 13.8 Å². The fraction of sp³-hybridized carbons (Fsp3) is 0.429. The molecule has 2 aromatic carbocycles. The van der Waals surface area contributed by atoms with E-state index in [4.69, 9.17) is 9.47 Å². The van der Waals surface area contributed by atoms with Gasteiger partial charge in [-0.15, -0.1) is 0 Å². The molecule has 24 heavy (non-hydrogen) atoms. The lowest BCUT2D eigenvalue weighted by Crippen LogP contribution is -2.20. The quantitative estimate of drug-likeness (QED) is 0.832. The van der Waals surface area contributed by atoms with Gasteiger partial charge in [0.15, 0.2) is 0 Å². The summed E-state index contributed by atoms with van der Waals surface area (Å²) in [7, 11) is 1.69. The van der Waals surface area contributed by atoms with E-state index in [1.165, 1.54) is 11.1 Å². The van der Waals surface area contributed by atoms with Gasteiger partial charge in [0, 0.05) is 12.5 Å². The second-order valence-corrected chi connectivity index (χ2v) is 6.96. The average Bonchev–Trinajstić information content (AvgIpc) is 2.55. The normalized spacial score (nSPS) is 12.9. The van der Waals surface area contributed by atoms with Gasteiger partial charge >= 0.3 is 0 Å². The van der Waals surface area contributed by atoms with Crippen molar-refractivity contribution in [2.24, 2.45) is 0 Å². The van der Waals surface area contributed by atoms with Crippen LogP contribution in [0.2, 0.25) is 0 Å². The lowest BCUT2D eigenvalue weighted by molar-refractivity contribution is 0.0714. The van der Waals surface area contributed by atoms with Gasteiger partial charge in [0.05, 0.1) is 6.10 Å². The molecule has 0 fully saturated rings. The van der Waals surface area contributed by atoms with Crippen molar-refractivity contribution in [3.05, 3.63) is 58.7 Å². The maximum Gasteiger partial charge on any atom is 0.122 e. The Kier molecular flexibility index (Phi) is 5.55. The van der Waals surface area contributed by atoms with Crippen LogP contribution in [0.25, 0.3) is 0 Å². The Bertz CT molecular complexity index is 704. The van der Waals surface area contributed by atoms with Gasteiger partial charge in [0.1, 0.15) is 18.1 Å². The molecule has 0 saturated carbocycles. The van der Waals surface area contributed by atoms with E-state index in [2.05, 4.69) is 39.0 Å². The zero-order valence-electron chi connectivity index (χ0n) is 15.5. The Morgan fingerprint density at radius 1 is 1.00 bits per heavy atom. The number of ether oxygens (including phenoxy) is 2. The molecule has 0 aromatic heterocycles. The third-order valence-corrected chi connectivity index (χ3v) is 4.69. The van der Waals surface area contributed by atoms with Crippen LogP contribution in [-0.2, 0) is 10.2 Å². The van der Waals surface area contributed by atoms with Crippen molar-refractivity contribution in [2.75, 3.05) is 13.7 Å². The lowest BCUT2D eigenvalue weighted by atomic mass is 9.77. The van der Waals surface area contributed by atoms with Crippen LogP contribution in [0.3, 0.4) is 0 Å². The van der Waals surface area contributed by atoms with Gasteiger partial charge in [-0.05, 0) is 55.2 Å². The number of aromatic hydroxyl groups is 1. The summed E-state index contributed by atoms with van der Waals surface area (Å²) < 4.78 is 11.1. The van der Waals surface area contributed by atoms with Gasteiger partial charge in [0.25, 0.3) is 0 Å². The first kappa shape index (κ1) is 18.3. The molecule has 0 aliphatic heterocycles. The topological polar surface area (TPSA) is 38.7 Å². The molecule has 1 N–H and O–H groups in total. The van der Waals surface area contributed by atoms with Crippen LogP contribution in [-0.4, -0.2) is 24.9 Å². The van der Waals surface area contributed by atoms with Crippen LogP contribution in [0.4, 0.5) is 0 Å². The van der Waals surface area contributed by atoms with E-state index in [1.807, 2.05) is 26.0 Å². The maximum absolute atomic E-state index is 9.76. The van der Waals surface area contributed by atoms with Crippen LogP contribution >= 0.6 is 0 Å². The smallest absolute Gasteiger partial charge is 0.122 e. The van der Waals surface area contributed by atoms with Gasteiger partial charge in [-0.25, -0.2) is 0 Å². The molecule has 3 heteroatoms. The van der Waals surface area contributed by atoms with Crippen LogP contribution < -0.4 is 4.74 Å². The molecule has 0 amide bonds. The highest BCUT2D eigenvalue weighted by Crippen LogP contribution is 2.35. The molecule has 0 radical (unpaired) electrons. The van der Waals surface area contributed by atoms with Gasteiger partial charge in [-0.2, -0.15) is 0 Å². The number of aryl methyl sites for hydroxylation is 2. The minimum atomic E-state index is -0.151. The highest BCUT2D eigenvalue weighted by Gasteiger charge is 2.24. The van der Waals surface area contributed by atoms with Crippen molar-refractivity contribution in [3.63, 3.8) is 0 Å².